The number of benzene rings is 1. The second-order valence-electron chi connectivity index (χ2n) is 6.17. The molecule has 0 amide bonds. The van der Waals surface area contributed by atoms with E-state index in [9.17, 15) is 12.8 Å². The van der Waals surface area contributed by atoms with Crippen molar-refractivity contribution in [2.75, 3.05) is 13.1 Å². The highest BCUT2D eigenvalue weighted by atomic mass is 32.2. The fraction of sp³-hybridized carbons (Fsp3) is 0.571. The lowest BCUT2D eigenvalue weighted by molar-refractivity contribution is 0.252. The molecule has 2 rings (SSSR count). The van der Waals surface area contributed by atoms with Crippen LogP contribution >= 0.6 is 0 Å². The molecule has 0 aromatic heterocycles. The zero-order chi connectivity index (χ0) is 14.3. The van der Waals surface area contributed by atoms with Crippen LogP contribution < -0.4 is 0 Å². The maximum absolute atomic E-state index is 12.9. The Morgan fingerprint density at radius 2 is 1.79 bits per heavy atom. The van der Waals surface area contributed by atoms with Gasteiger partial charge in [0.15, 0.2) is 0 Å². The zero-order valence-electron chi connectivity index (χ0n) is 11.6. The first-order valence-corrected chi connectivity index (χ1v) is 7.91. The van der Waals surface area contributed by atoms with Gasteiger partial charge in [0.2, 0.25) is 10.0 Å². The number of nitrogens with zero attached hydrogens (tertiary/aromatic N) is 1. The summed E-state index contributed by atoms with van der Waals surface area (Å²) in [6.45, 7) is 7.48. The Kier molecular flexibility index (Phi) is 3.71. The molecule has 0 spiro atoms. The first-order valence-electron chi connectivity index (χ1n) is 6.47. The summed E-state index contributed by atoms with van der Waals surface area (Å²) in [5.41, 5.74) is 0.104. The molecule has 1 aromatic carbocycles. The molecule has 0 aliphatic carbocycles. The van der Waals surface area contributed by atoms with Crippen molar-refractivity contribution in [1.82, 2.24) is 4.31 Å². The van der Waals surface area contributed by atoms with Gasteiger partial charge in [-0.05, 0) is 42.0 Å². The largest absolute Gasteiger partial charge is 0.243 e. The molecule has 1 atom stereocenters. The number of halogens is 1. The van der Waals surface area contributed by atoms with Crippen molar-refractivity contribution in [1.29, 1.82) is 0 Å². The van der Waals surface area contributed by atoms with Crippen LogP contribution in [0.1, 0.15) is 27.2 Å². The molecule has 1 fully saturated rings. The molecule has 1 saturated heterocycles. The van der Waals surface area contributed by atoms with Gasteiger partial charge in [0.25, 0.3) is 0 Å². The van der Waals surface area contributed by atoms with Crippen molar-refractivity contribution in [3.05, 3.63) is 30.1 Å². The second kappa shape index (κ2) is 4.87. The van der Waals surface area contributed by atoms with Crippen LogP contribution in [0.4, 0.5) is 4.39 Å². The lowest BCUT2D eigenvalue weighted by Crippen LogP contribution is -2.31. The molecule has 19 heavy (non-hydrogen) atoms. The molecular weight excluding hydrogens is 265 g/mol. The van der Waals surface area contributed by atoms with Crippen LogP contribution in [-0.4, -0.2) is 25.8 Å². The van der Waals surface area contributed by atoms with Gasteiger partial charge in [0, 0.05) is 13.1 Å². The van der Waals surface area contributed by atoms with E-state index in [-0.39, 0.29) is 10.3 Å². The molecule has 1 unspecified atom stereocenters. The Labute approximate surface area is 114 Å². The van der Waals surface area contributed by atoms with Crippen LogP contribution in [0.3, 0.4) is 0 Å². The third-order valence-electron chi connectivity index (χ3n) is 3.83. The molecule has 1 aliphatic heterocycles. The molecule has 0 bridgehead atoms. The lowest BCUT2D eigenvalue weighted by atomic mass is 9.80. The maximum Gasteiger partial charge on any atom is 0.243 e. The molecule has 5 heteroatoms. The van der Waals surface area contributed by atoms with Gasteiger partial charge >= 0.3 is 0 Å². The Bertz CT molecular complexity index is 546. The number of rotatable bonds is 2. The molecule has 3 nitrogen and oxygen atoms in total. The Morgan fingerprint density at radius 3 is 2.26 bits per heavy atom. The van der Waals surface area contributed by atoms with Gasteiger partial charge < -0.3 is 0 Å². The summed E-state index contributed by atoms with van der Waals surface area (Å²) in [5, 5.41) is 0. The predicted molar refractivity (Wildman–Crippen MR) is 72.7 cm³/mol. The summed E-state index contributed by atoms with van der Waals surface area (Å²) in [7, 11) is -3.48. The van der Waals surface area contributed by atoms with Crippen LogP contribution in [0.25, 0.3) is 0 Å². The van der Waals surface area contributed by atoms with Crippen LogP contribution in [0.15, 0.2) is 29.2 Å². The van der Waals surface area contributed by atoms with Gasteiger partial charge in [0.05, 0.1) is 4.90 Å². The summed E-state index contributed by atoms with van der Waals surface area (Å²) in [4.78, 5) is 0.170. The number of hydrogen-bond donors (Lipinski definition) is 0. The smallest absolute Gasteiger partial charge is 0.207 e. The molecular formula is C14H20FNO2S. The van der Waals surface area contributed by atoms with E-state index >= 15 is 0 Å². The Hall–Kier alpha value is -0.940. The van der Waals surface area contributed by atoms with E-state index < -0.39 is 15.8 Å². The van der Waals surface area contributed by atoms with Gasteiger partial charge in [-0.25, -0.2) is 12.8 Å². The van der Waals surface area contributed by atoms with Crippen molar-refractivity contribution in [2.45, 2.75) is 32.1 Å². The minimum absolute atomic E-state index is 0.104. The third-order valence-corrected chi connectivity index (χ3v) is 5.71. The highest BCUT2D eigenvalue weighted by molar-refractivity contribution is 7.89. The molecule has 1 aromatic rings. The van der Waals surface area contributed by atoms with Crippen LogP contribution in [0, 0.1) is 17.2 Å². The number of sulfonamides is 1. The van der Waals surface area contributed by atoms with Crippen molar-refractivity contribution in [3.63, 3.8) is 0 Å². The van der Waals surface area contributed by atoms with Crippen molar-refractivity contribution >= 4 is 10.0 Å². The molecule has 1 aliphatic rings. The fourth-order valence-corrected chi connectivity index (χ4v) is 3.91. The molecule has 0 saturated carbocycles. The Balaban J connectivity index is 2.21. The van der Waals surface area contributed by atoms with Gasteiger partial charge in [-0.2, -0.15) is 4.31 Å². The van der Waals surface area contributed by atoms with Crippen LogP contribution in [0.2, 0.25) is 0 Å². The quantitative estimate of drug-likeness (QED) is 0.838. The van der Waals surface area contributed by atoms with E-state index in [1.54, 1.807) is 0 Å². The first-order chi connectivity index (χ1) is 8.71. The monoisotopic (exact) mass is 285 g/mol. The van der Waals surface area contributed by atoms with E-state index in [1.807, 2.05) is 0 Å². The number of hydrogen-bond acceptors (Lipinski definition) is 2. The minimum Gasteiger partial charge on any atom is -0.207 e. The summed E-state index contributed by atoms with van der Waals surface area (Å²) < 4.78 is 39.2. The molecule has 106 valence electrons. The summed E-state index contributed by atoms with van der Waals surface area (Å²) in [6, 6.07) is 5.03. The summed E-state index contributed by atoms with van der Waals surface area (Å²) in [6.07, 6.45) is 0.879. The summed E-state index contributed by atoms with van der Waals surface area (Å²) >= 11 is 0. The van der Waals surface area contributed by atoms with E-state index in [0.29, 0.717) is 19.0 Å². The molecule has 0 radical (unpaired) electrons. The van der Waals surface area contributed by atoms with Crippen molar-refractivity contribution in [2.24, 2.45) is 11.3 Å². The normalized spacial score (nSPS) is 21.8. The van der Waals surface area contributed by atoms with Crippen molar-refractivity contribution < 1.29 is 12.8 Å². The Morgan fingerprint density at radius 1 is 1.21 bits per heavy atom. The van der Waals surface area contributed by atoms with Crippen molar-refractivity contribution in [3.8, 4) is 0 Å². The van der Waals surface area contributed by atoms with E-state index in [4.69, 9.17) is 0 Å². The lowest BCUT2D eigenvalue weighted by Gasteiger charge is -2.26. The van der Waals surface area contributed by atoms with Crippen LogP contribution in [-0.2, 0) is 10.0 Å². The van der Waals surface area contributed by atoms with E-state index in [0.717, 1.165) is 6.42 Å². The van der Waals surface area contributed by atoms with Crippen LogP contribution in [0.5, 0.6) is 0 Å². The van der Waals surface area contributed by atoms with Gasteiger partial charge in [-0.1, -0.05) is 20.8 Å². The van der Waals surface area contributed by atoms with E-state index in [1.165, 1.54) is 28.6 Å². The predicted octanol–water partition coefficient (Wildman–Crippen LogP) is 2.88. The fourth-order valence-electron chi connectivity index (χ4n) is 2.41. The molecule has 0 N–H and O–H groups in total. The average molecular weight is 285 g/mol. The SMILES string of the molecule is CC(C)(C)C1CCN(S(=O)(=O)c2ccc(F)cc2)C1. The van der Waals surface area contributed by atoms with Gasteiger partial charge in [-0.15, -0.1) is 0 Å². The topological polar surface area (TPSA) is 37.4 Å². The highest BCUT2D eigenvalue weighted by Gasteiger charge is 2.37. The second-order valence-corrected chi connectivity index (χ2v) is 8.11. The standard InChI is InChI=1S/C14H20FNO2S/c1-14(2,3)11-8-9-16(10-11)19(17,18)13-6-4-12(15)5-7-13/h4-7,11H,8-10H2,1-3H3. The third kappa shape index (κ3) is 2.98. The first kappa shape index (κ1) is 14.5. The minimum atomic E-state index is -3.48. The summed E-state index contributed by atoms with van der Waals surface area (Å²) in [5.74, 6) is -0.0596. The average Bonchev–Trinajstić information content (AvgIpc) is 2.79. The zero-order valence-corrected chi connectivity index (χ0v) is 12.4. The maximum atomic E-state index is 12.9. The van der Waals surface area contributed by atoms with Gasteiger partial charge in [0.1, 0.15) is 5.82 Å². The molecule has 1 heterocycles. The highest BCUT2D eigenvalue weighted by Crippen LogP contribution is 2.35. The van der Waals surface area contributed by atoms with E-state index in [2.05, 4.69) is 20.8 Å². The van der Waals surface area contributed by atoms with Gasteiger partial charge in [-0.3, -0.25) is 0 Å².